The first kappa shape index (κ1) is 21.5. The van der Waals surface area contributed by atoms with Crippen LogP contribution in [0, 0.1) is 0 Å². The number of fused-ring (bicyclic) bond motifs is 1. The van der Waals surface area contributed by atoms with Crippen LogP contribution in [0.3, 0.4) is 0 Å². The molecule has 0 saturated carbocycles. The van der Waals surface area contributed by atoms with Crippen LogP contribution in [0.25, 0.3) is 11.7 Å². The largest absolute Gasteiger partial charge is 0.395 e. The van der Waals surface area contributed by atoms with Crippen molar-refractivity contribution in [2.75, 3.05) is 25.0 Å². The SMILES string of the molecule is CCCCCCN1C(=O)/C(=C\c2c(NCCO)nc3ccccn3c2=O)SC1=S. The molecule has 1 amide bonds. The molecule has 7 nitrogen and oxygen atoms in total. The number of unbranched alkanes of at least 4 members (excludes halogenated alkanes) is 3. The Hall–Kier alpha value is -2.23. The van der Waals surface area contributed by atoms with Crippen molar-refractivity contribution in [2.24, 2.45) is 0 Å². The van der Waals surface area contributed by atoms with Gasteiger partial charge in [-0.2, -0.15) is 0 Å². The Balaban J connectivity index is 1.94. The van der Waals surface area contributed by atoms with Crippen LogP contribution in [0.4, 0.5) is 5.82 Å². The van der Waals surface area contributed by atoms with Crippen molar-refractivity contribution < 1.29 is 9.90 Å². The van der Waals surface area contributed by atoms with Crippen LogP contribution in [0.5, 0.6) is 0 Å². The number of nitrogens with zero attached hydrogens (tertiary/aromatic N) is 3. The van der Waals surface area contributed by atoms with Crippen LogP contribution in [0.15, 0.2) is 34.1 Å². The van der Waals surface area contributed by atoms with E-state index >= 15 is 0 Å². The number of aromatic nitrogens is 2. The number of rotatable bonds is 9. The zero-order valence-corrected chi connectivity index (χ0v) is 17.9. The summed E-state index contributed by atoms with van der Waals surface area (Å²) in [5.74, 6) is 0.158. The van der Waals surface area contributed by atoms with E-state index in [2.05, 4.69) is 17.2 Å². The molecular weight excluding hydrogens is 408 g/mol. The van der Waals surface area contributed by atoms with E-state index in [0.29, 0.717) is 27.2 Å². The molecule has 29 heavy (non-hydrogen) atoms. The zero-order valence-electron chi connectivity index (χ0n) is 16.3. The molecule has 2 N–H and O–H groups in total. The Morgan fingerprint density at radius 1 is 1.28 bits per heavy atom. The van der Waals surface area contributed by atoms with Gasteiger partial charge in [-0.1, -0.05) is 56.2 Å². The first-order chi connectivity index (χ1) is 14.1. The maximum atomic E-state index is 13.0. The third kappa shape index (κ3) is 4.85. The van der Waals surface area contributed by atoms with Crippen molar-refractivity contribution in [2.45, 2.75) is 32.6 Å². The molecule has 0 atom stereocenters. The van der Waals surface area contributed by atoms with Gasteiger partial charge < -0.3 is 10.4 Å². The Morgan fingerprint density at radius 2 is 2.10 bits per heavy atom. The highest BCUT2D eigenvalue weighted by molar-refractivity contribution is 8.26. The predicted octanol–water partition coefficient (Wildman–Crippen LogP) is 2.88. The van der Waals surface area contributed by atoms with Crippen molar-refractivity contribution in [3.05, 3.63) is 45.2 Å². The monoisotopic (exact) mass is 432 g/mol. The summed E-state index contributed by atoms with van der Waals surface area (Å²) in [5.41, 5.74) is 0.469. The highest BCUT2D eigenvalue weighted by atomic mass is 32.2. The van der Waals surface area contributed by atoms with Crippen molar-refractivity contribution in [1.82, 2.24) is 14.3 Å². The molecule has 1 aliphatic rings. The van der Waals surface area contributed by atoms with E-state index in [1.54, 1.807) is 35.4 Å². The summed E-state index contributed by atoms with van der Waals surface area (Å²) in [5, 5.41) is 12.1. The number of aliphatic hydroxyl groups excluding tert-OH is 1. The van der Waals surface area contributed by atoms with Gasteiger partial charge in [0, 0.05) is 19.3 Å². The second-order valence-corrected chi connectivity index (χ2v) is 8.33. The van der Waals surface area contributed by atoms with Crippen molar-refractivity contribution in [3.8, 4) is 0 Å². The lowest BCUT2D eigenvalue weighted by Gasteiger charge is -2.14. The molecule has 0 aliphatic carbocycles. The number of anilines is 1. The van der Waals surface area contributed by atoms with Crippen LogP contribution >= 0.6 is 24.0 Å². The maximum Gasteiger partial charge on any atom is 0.267 e. The summed E-state index contributed by atoms with van der Waals surface area (Å²) in [6, 6.07) is 5.27. The summed E-state index contributed by atoms with van der Waals surface area (Å²) < 4.78 is 1.94. The van der Waals surface area contributed by atoms with Gasteiger partial charge in [0.1, 0.15) is 15.8 Å². The molecule has 1 saturated heterocycles. The molecule has 0 aromatic carbocycles. The first-order valence-corrected chi connectivity index (χ1v) is 10.9. The summed E-state index contributed by atoms with van der Waals surface area (Å²) >= 11 is 6.58. The van der Waals surface area contributed by atoms with E-state index < -0.39 is 0 Å². The number of carbonyl (C=O) groups excluding carboxylic acids is 1. The van der Waals surface area contributed by atoms with Gasteiger partial charge in [0.2, 0.25) is 0 Å². The zero-order chi connectivity index (χ0) is 20.8. The number of hydrogen-bond acceptors (Lipinski definition) is 7. The minimum absolute atomic E-state index is 0.102. The lowest BCUT2D eigenvalue weighted by atomic mass is 10.2. The van der Waals surface area contributed by atoms with Crippen LogP contribution < -0.4 is 10.9 Å². The quantitative estimate of drug-likeness (QED) is 0.358. The van der Waals surface area contributed by atoms with E-state index in [4.69, 9.17) is 17.3 Å². The van der Waals surface area contributed by atoms with E-state index in [1.165, 1.54) is 16.2 Å². The molecule has 1 fully saturated rings. The minimum Gasteiger partial charge on any atom is -0.395 e. The van der Waals surface area contributed by atoms with E-state index in [-0.39, 0.29) is 30.2 Å². The number of pyridine rings is 1. The van der Waals surface area contributed by atoms with Crippen LogP contribution in [-0.2, 0) is 4.79 Å². The molecular formula is C20H24N4O3S2. The summed E-state index contributed by atoms with van der Waals surface area (Å²) in [7, 11) is 0. The number of aliphatic hydroxyl groups is 1. The average Bonchev–Trinajstić information content (AvgIpc) is 2.99. The van der Waals surface area contributed by atoms with Crippen molar-refractivity contribution >= 4 is 51.7 Å². The fourth-order valence-corrected chi connectivity index (χ4v) is 4.35. The predicted molar refractivity (Wildman–Crippen MR) is 121 cm³/mol. The molecule has 0 bridgehead atoms. The van der Waals surface area contributed by atoms with Gasteiger partial charge in [0.05, 0.1) is 17.1 Å². The van der Waals surface area contributed by atoms with Crippen LogP contribution in [0.1, 0.15) is 38.2 Å². The molecule has 2 aromatic rings. The van der Waals surface area contributed by atoms with E-state index in [0.717, 1.165) is 25.7 Å². The molecule has 9 heteroatoms. The van der Waals surface area contributed by atoms with Crippen molar-refractivity contribution in [3.63, 3.8) is 0 Å². The average molecular weight is 433 g/mol. The van der Waals surface area contributed by atoms with E-state index in [1.807, 2.05) is 0 Å². The van der Waals surface area contributed by atoms with Crippen molar-refractivity contribution in [1.29, 1.82) is 0 Å². The molecule has 1 aliphatic heterocycles. The van der Waals surface area contributed by atoms with Gasteiger partial charge in [0.25, 0.3) is 11.5 Å². The van der Waals surface area contributed by atoms with Gasteiger partial charge in [-0.05, 0) is 24.6 Å². The number of hydrogen-bond donors (Lipinski definition) is 2. The Morgan fingerprint density at radius 3 is 2.86 bits per heavy atom. The normalized spacial score (nSPS) is 15.7. The number of carbonyl (C=O) groups is 1. The number of amides is 1. The Bertz CT molecular complexity index is 1000. The fraction of sp³-hybridized carbons (Fsp3) is 0.400. The lowest BCUT2D eigenvalue weighted by molar-refractivity contribution is -0.122. The van der Waals surface area contributed by atoms with Gasteiger partial charge >= 0.3 is 0 Å². The van der Waals surface area contributed by atoms with Gasteiger partial charge in [-0.25, -0.2) is 4.98 Å². The summed E-state index contributed by atoms with van der Waals surface area (Å²) in [6.45, 7) is 2.87. The molecule has 0 spiro atoms. The Kier molecular flexibility index (Phi) is 7.40. The molecule has 2 aromatic heterocycles. The highest BCUT2D eigenvalue weighted by Crippen LogP contribution is 2.33. The van der Waals surface area contributed by atoms with Gasteiger partial charge in [-0.15, -0.1) is 0 Å². The first-order valence-electron chi connectivity index (χ1n) is 9.68. The number of thioether (sulfide) groups is 1. The molecule has 3 heterocycles. The fourth-order valence-electron chi connectivity index (χ4n) is 3.06. The lowest BCUT2D eigenvalue weighted by Crippen LogP contribution is -2.29. The smallest absolute Gasteiger partial charge is 0.267 e. The molecule has 154 valence electrons. The standard InChI is InChI=1S/C20H24N4O3S2/c1-2-3-4-6-11-24-19(27)15(29-20(24)28)13-14-17(21-9-12-25)22-16-8-5-7-10-23(16)18(14)26/h5,7-8,10,13,21,25H,2-4,6,9,11-12H2,1H3/b15-13+. The number of thiocarbonyl (C=S) groups is 1. The molecule has 3 rings (SSSR count). The summed E-state index contributed by atoms with van der Waals surface area (Å²) in [6.07, 6.45) is 7.40. The van der Waals surface area contributed by atoms with Crippen LogP contribution in [-0.4, -0.2) is 49.3 Å². The highest BCUT2D eigenvalue weighted by Gasteiger charge is 2.32. The topological polar surface area (TPSA) is 86.9 Å². The third-order valence-corrected chi connectivity index (χ3v) is 5.94. The van der Waals surface area contributed by atoms with Gasteiger partial charge in [-0.3, -0.25) is 18.9 Å². The Labute approximate surface area is 178 Å². The van der Waals surface area contributed by atoms with E-state index in [9.17, 15) is 9.59 Å². The molecule has 0 unspecified atom stereocenters. The minimum atomic E-state index is -0.288. The van der Waals surface area contributed by atoms with Gasteiger partial charge in [0.15, 0.2) is 0 Å². The second-order valence-electron chi connectivity index (χ2n) is 6.65. The van der Waals surface area contributed by atoms with Crippen LogP contribution in [0.2, 0.25) is 0 Å². The molecule has 0 radical (unpaired) electrons. The maximum absolute atomic E-state index is 13.0. The second kappa shape index (κ2) is 10.00. The summed E-state index contributed by atoms with van der Waals surface area (Å²) in [4.78, 5) is 32.4. The third-order valence-electron chi connectivity index (χ3n) is 4.56. The number of nitrogens with one attached hydrogen (secondary N) is 1.